The monoisotopic (exact) mass is 371 g/mol. The molecule has 8 nitrogen and oxygen atoms in total. The average molecular weight is 371 g/mol. The minimum Gasteiger partial charge on any atom is -0.490 e. The quantitative estimate of drug-likeness (QED) is 0.438. The molecule has 1 atom stereocenters. The predicted molar refractivity (Wildman–Crippen MR) is 105 cm³/mol. The van der Waals surface area contributed by atoms with Gasteiger partial charge in [-0.1, -0.05) is 13.8 Å². The molecule has 3 rings (SSSR count). The summed E-state index contributed by atoms with van der Waals surface area (Å²) in [4.78, 5) is 13.3. The number of guanidine groups is 1. The van der Waals surface area contributed by atoms with Crippen LogP contribution in [0.5, 0.6) is 5.75 Å². The molecule has 0 aromatic carbocycles. The molecule has 0 bridgehead atoms. The normalized spacial score (nSPS) is 16.9. The maximum absolute atomic E-state index is 5.65. The van der Waals surface area contributed by atoms with Gasteiger partial charge >= 0.3 is 0 Å². The zero-order valence-electron chi connectivity index (χ0n) is 16.4. The van der Waals surface area contributed by atoms with Crippen LogP contribution in [0.4, 0.5) is 0 Å². The summed E-state index contributed by atoms with van der Waals surface area (Å²) in [7, 11) is 0. The van der Waals surface area contributed by atoms with Gasteiger partial charge in [0.2, 0.25) is 0 Å². The Morgan fingerprint density at radius 2 is 2.33 bits per heavy atom. The molecule has 2 aromatic rings. The average Bonchev–Trinajstić information content (AvgIpc) is 3.10. The molecular formula is C19H29N7O. The highest BCUT2D eigenvalue weighted by Gasteiger charge is 2.23. The van der Waals surface area contributed by atoms with Gasteiger partial charge in [-0.05, 0) is 25.5 Å². The second-order valence-corrected chi connectivity index (χ2v) is 6.90. The van der Waals surface area contributed by atoms with Gasteiger partial charge in [0.15, 0.2) is 11.8 Å². The lowest BCUT2D eigenvalue weighted by Gasteiger charge is -2.25. The first-order valence-electron chi connectivity index (χ1n) is 9.67. The van der Waals surface area contributed by atoms with Crippen molar-refractivity contribution >= 4 is 5.96 Å². The molecule has 1 unspecified atom stereocenters. The van der Waals surface area contributed by atoms with Gasteiger partial charge in [0.05, 0.1) is 19.3 Å². The van der Waals surface area contributed by atoms with Crippen LogP contribution in [0.15, 0.2) is 29.5 Å². The van der Waals surface area contributed by atoms with Crippen molar-refractivity contribution in [2.75, 3.05) is 19.7 Å². The first-order valence-corrected chi connectivity index (χ1v) is 9.67. The Labute approximate surface area is 160 Å². The number of nitrogens with zero attached hydrogens (tertiary/aromatic N) is 5. The third kappa shape index (κ3) is 5.42. The van der Waals surface area contributed by atoms with Crippen LogP contribution >= 0.6 is 0 Å². The van der Waals surface area contributed by atoms with Gasteiger partial charge in [0, 0.05) is 31.1 Å². The lowest BCUT2D eigenvalue weighted by Crippen LogP contribution is -2.47. The zero-order chi connectivity index (χ0) is 19.1. The van der Waals surface area contributed by atoms with E-state index in [4.69, 9.17) is 4.74 Å². The van der Waals surface area contributed by atoms with Crippen molar-refractivity contribution in [2.45, 2.75) is 52.1 Å². The minimum atomic E-state index is 0.288. The Morgan fingerprint density at radius 3 is 3.07 bits per heavy atom. The molecule has 8 heteroatoms. The number of pyridine rings is 1. The van der Waals surface area contributed by atoms with E-state index in [0.29, 0.717) is 19.1 Å². The standard InChI is InChI=1S/C19H29N7O/c1-4-21-19(22-10-11-27-16-6-5-9-20-12-16)23-15-7-8-17-24-18(14(2)3)25-26(17)13-15/h5-6,9,12,14-15H,4,7-8,10-11,13H2,1-3H3,(H2,21,22,23). The summed E-state index contributed by atoms with van der Waals surface area (Å²) in [5.41, 5.74) is 0. The fourth-order valence-corrected chi connectivity index (χ4v) is 2.96. The Kier molecular flexibility index (Phi) is 6.62. The molecule has 2 N–H and O–H groups in total. The molecule has 27 heavy (non-hydrogen) atoms. The molecule has 1 aliphatic rings. The summed E-state index contributed by atoms with van der Waals surface area (Å²) in [5, 5.41) is 11.5. The van der Waals surface area contributed by atoms with Crippen molar-refractivity contribution in [1.82, 2.24) is 30.4 Å². The third-order valence-corrected chi connectivity index (χ3v) is 4.34. The molecular weight excluding hydrogens is 342 g/mol. The summed E-state index contributed by atoms with van der Waals surface area (Å²) in [6.07, 6.45) is 5.39. The van der Waals surface area contributed by atoms with Gasteiger partial charge in [0.1, 0.15) is 18.2 Å². The van der Waals surface area contributed by atoms with E-state index in [-0.39, 0.29) is 6.04 Å². The number of rotatable bonds is 7. The molecule has 3 heterocycles. The largest absolute Gasteiger partial charge is 0.490 e. The SMILES string of the molecule is CCNC(=NCCOc1cccnc1)NC1CCc2nc(C(C)C)nn2C1. The van der Waals surface area contributed by atoms with E-state index in [2.05, 4.69) is 51.5 Å². The Hall–Kier alpha value is -2.64. The number of aromatic nitrogens is 4. The van der Waals surface area contributed by atoms with Crippen molar-refractivity contribution in [3.8, 4) is 5.75 Å². The first kappa shape index (κ1) is 19.1. The smallest absolute Gasteiger partial charge is 0.191 e. The predicted octanol–water partition coefficient (Wildman–Crippen LogP) is 1.75. The number of ether oxygens (including phenoxy) is 1. The van der Waals surface area contributed by atoms with Gasteiger partial charge in [-0.15, -0.1) is 0 Å². The second-order valence-electron chi connectivity index (χ2n) is 6.90. The van der Waals surface area contributed by atoms with Crippen LogP contribution < -0.4 is 15.4 Å². The van der Waals surface area contributed by atoms with Crippen LogP contribution in [-0.4, -0.2) is 51.4 Å². The van der Waals surface area contributed by atoms with E-state index < -0.39 is 0 Å². The lowest BCUT2D eigenvalue weighted by atomic mass is 10.1. The number of aryl methyl sites for hydroxylation is 1. The van der Waals surface area contributed by atoms with Gasteiger partial charge in [-0.3, -0.25) is 4.98 Å². The third-order valence-electron chi connectivity index (χ3n) is 4.34. The number of nitrogens with one attached hydrogen (secondary N) is 2. The zero-order valence-corrected chi connectivity index (χ0v) is 16.4. The van der Waals surface area contributed by atoms with Gasteiger partial charge in [0.25, 0.3) is 0 Å². The van der Waals surface area contributed by atoms with Crippen molar-refractivity contribution in [2.24, 2.45) is 4.99 Å². The van der Waals surface area contributed by atoms with Crippen LogP contribution in [-0.2, 0) is 13.0 Å². The van der Waals surface area contributed by atoms with Crippen molar-refractivity contribution in [1.29, 1.82) is 0 Å². The van der Waals surface area contributed by atoms with Gasteiger partial charge < -0.3 is 15.4 Å². The highest BCUT2D eigenvalue weighted by Crippen LogP contribution is 2.16. The minimum absolute atomic E-state index is 0.288. The van der Waals surface area contributed by atoms with E-state index in [1.54, 1.807) is 12.4 Å². The Balaban J connectivity index is 1.52. The second kappa shape index (κ2) is 9.34. The van der Waals surface area contributed by atoms with Gasteiger partial charge in [-0.25, -0.2) is 14.7 Å². The molecule has 0 amide bonds. The van der Waals surface area contributed by atoms with E-state index in [1.165, 1.54) is 0 Å². The molecule has 1 aliphatic heterocycles. The molecule has 146 valence electrons. The maximum atomic E-state index is 5.65. The fourth-order valence-electron chi connectivity index (χ4n) is 2.96. The summed E-state index contributed by atoms with van der Waals surface area (Å²) in [6.45, 7) is 9.02. The summed E-state index contributed by atoms with van der Waals surface area (Å²) in [6, 6.07) is 4.04. The highest BCUT2D eigenvalue weighted by atomic mass is 16.5. The van der Waals surface area contributed by atoms with E-state index >= 15 is 0 Å². The van der Waals surface area contributed by atoms with E-state index in [1.807, 2.05) is 16.8 Å². The molecule has 0 radical (unpaired) electrons. The maximum Gasteiger partial charge on any atom is 0.191 e. The number of fused-ring (bicyclic) bond motifs is 1. The van der Waals surface area contributed by atoms with Gasteiger partial charge in [-0.2, -0.15) is 5.10 Å². The molecule has 0 fully saturated rings. The first-order chi connectivity index (χ1) is 13.2. The van der Waals surface area contributed by atoms with Crippen LogP contribution in [0, 0.1) is 0 Å². The molecule has 2 aromatic heterocycles. The van der Waals surface area contributed by atoms with Crippen LogP contribution in [0.1, 0.15) is 44.8 Å². The van der Waals surface area contributed by atoms with Crippen molar-refractivity contribution < 1.29 is 4.74 Å². The lowest BCUT2D eigenvalue weighted by molar-refractivity contribution is 0.326. The molecule has 0 saturated heterocycles. The molecule has 0 spiro atoms. The molecule has 0 saturated carbocycles. The van der Waals surface area contributed by atoms with Crippen molar-refractivity contribution in [3.63, 3.8) is 0 Å². The molecule has 0 aliphatic carbocycles. The topological polar surface area (TPSA) is 89.2 Å². The Morgan fingerprint density at radius 1 is 1.44 bits per heavy atom. The number of hydrogen-bond acceptors (Lipinski definition) is 5. The number of aliphatic imine (C=N–C) groups is 1. The summed E-state index contributed by atoms with van der Waals surface area (Å²) < 4.78 is 7.68. The fraction of sp³-hybridized carbons (Fsp3) is 0.579. The summed E-state index contributed by atoms with van der Waals surface area (Å²) in [5.74, 6) is 3.94. The van der Waals surface area contributed by atoms with Crippen LogP contribution in [0.25, 0.3) is 0 Å². The van der Waals surface area contributed by atoms with E-state index in [9.17, 15) is 0 Å². The van der Waals surface area contributed by atoms with Crippen LogP contribution in [0.3, 0.4) is 0 Å². The Bertz CT molecular complexity index is 742. The highest BCUT2D eigenvalue weighted by molar-refractivity contribution is 5.80. The number of hydrogen-bond donors (Lipinski definition) is 2. The van der Waals surface area contributed by atoms with Crippen LogP contribution in [0.2, 0.25) is 0 Å². The van der Waals surface area contributed by atoms with E-state index in [0.717, 1.165) is 49.3 Å². The van der Waals surface area contributed by atoms with Crippen molar-refractivity contribution in [3.05, 3.63) is 36.2 Å². The summed E-state index contributed by atoms with van der Waals surface area (Å²) >= 11 is 0.